The van der Waals surface area contributed by atoms with E-state index in [0.717, 1.165) is 59.3 Å². The first-order valence-electron chi connectivity index (χ1n) is 10.0. The van der Waals surface area contributed by atoms with Crippen molar-refractivity contribution in [3.05, 3.63) is 45.8 Å². The number of aromatic amines is 1. The molecule has 0 radical (unpaired) electrons. The summed E-state index contributed by atoms with van der Waals surface area (Å²) in [5.74, 6) is 0.230. The van der Waals surface area contributed by atoms with E-state index in [2.05, 4.69) is 10.3 Å². The maximum Gasteiger partial charge on any atom is 0.270 e. The van der Waals surface area contributed by atoms with Crippen molar-refractivity contribution in [3.63, 3.8) is 0 Å². The van der Waals surface area contributed by atoms with Crippen LogP contribution in [0, 0.1) is 11.7 Å². The third-order valence-corrected chi connectivity index (χ3v) is 6.71. The molecule has 4 heterocycles. The van der Waals surface area contributed by atoms with Crippen LogP contribution in [0.1, 0.15) is 33.5 Å². The number of thiazole rings is 1. The molecule has 1 amide bonds. The monoisotopic (exact) mass is 414 g/mol. The number of carbonyl (C=O) groups excluding carboxylic acids is 1. The van der Waals surface area contributed by atoms with Gasteiger partial charge in [-0.1, -0.05) is 18.3 Å². The molecule has 152 valence electrons. The van der Waals surface area contributed by atoms with Crippen LogP contribution in [0.25, 0.3) is 10.9 Å². The van der Waals surface area contributed by atoms with Crippen molar-refractivity contribution in [3.8, 4) is 0 Å². The van der Waals surface area contributed by atoms with E-state index in [4.69, 9.17) is 9.72 Å². The fourth-order valence-corrected chi connectivity index (χ4v) is 4.96. The minimum atomic E-state index is -0.282. The van der Waals surface area contributed by atoms with Crippen molar-refractivity contribution < 1.29 is 13.9 Å². The minimum Gasteiger partial charge on any atom is -0.381 e. The second kappa shape index (κ2) is 7.42. The maximum atomic E-state index is 13.8. The molecule has 2 aromatic heterocycles. The van der Waals surface area contributed by atoms with Crippen molar-refractivity contribution in [2.45, 2.75) is 26.3 Å². The van der Waals surface area contributed by atoms with E-state index in [0.29, 0.717) is 30.2 Å². The van der Waals surface area contributed by atoms with Crippen LogP contribution in [-0.4, -0.2) is 47.1 Å². The number of aryl methyl sites for hydroxylation is 1. The molecule has 29 heavy (non-hydrogen) atoms. The van der Waals surface area contributed by atoms with Gasteiger partial charge in [0.25, 0.3) is 5.91 Å². The van der Waals surface area contributed by atoms with Crippen LogP contribution < -0.4 is 5.32 Å². The Labute approximate surface area is 172 Å². The van der Waals surface area contributed by atoms with Gasteiger partial charge < -0.3 is 19.9 Å². The zero-order chi connectivity index (χ0) is 20.0. The van der Waals surface area contributed by atoms with Gasteiger partial charge in [0.1, 0.15) is 11.5 Å². The highest BCUT2D eigenvalue weighted by Gasteiger charge is 2.26. The molecular weight excluding hydrogens is 391 g/mol. The summed E-state index contributed by atoms with van der Waals surface area (Å²) in [4.78, 5) is 23.9. The number of benzene rings is 1. The van der Waals surface area contributed by atoms with Crippen LogP contribution in [0.4, 0.5) is 9.52 Å². The molecule has 1 aromatic carbocycles. The number of halogens is 1. The molecule has 5 rings (SSSR count). The number of ether oxygens (including phenoxy) is 1. The molecule has 2 aliphatic rings. The Morgan fingerprint density at radius 1 is 1.41 bits per heavy atom. The summed E-state index contributed by atoms with van der Waals surface area (Å²) < 4.78 is 19.0. The lowest BCUT2D eigenvalue weighted by atomic mass is 10.1. The average molecular weight is 415 g/mol. The molecule has 6 nitrogen and oxygen atoms in total. The number of hydrogen-bond acceptors (Lipinski definition) is 5. The molecule has 0 saturated carbocycles. The third kappa shape index (κ3) is 3.51. The molecule has 3 aromatic rings. The molecule has 2 aliphatic heterocycles. The summed E-state index contributed by atoms with van der Waals surface area (Å²) in [5.41, 5.74) is 3.17. The fourth-order valence-electron chi connectivity index (χ4n) is 3.93. The van der Waals surface area contributed by atoms with E-state index < -0.39 is 0 Å². The topological polar surface area (TPSA) is 70.2 Å². The molecule has 0 atom stereocenters. The number of nitrogens with one attached hydrogen (secondary N) is 2. The molecule has 0 bridgehead atoms. The number of anilines is 1. The standard InChI is InChI=1S/C21H23FN4O2S/c1-2-13-5-14(22)6-17-15(13)7-18(24-17)20(27)26-4-3-16-19(9-26)29-21(25-16)23-8-12-10-28-11-12/h5-7,12,24H,2-4,8-11H2,1H3,(H,23,25). The Morgan fingerprint density at radius 2 is 2.28 bits per heavy atom. The zero-order valence-electron chi connectivity index (χ0n) is 16.3. The predicted molar refractivity (Wildman–Crippen MR) is 111 cm³/mol. The van der Waals surface area contributed by atoms with E-state index in [9.17, 15) is 9.18 Å². The smallest absolute Gasteiger partial charge is 0.270 e. The van der Waals surface area contributed by atoms with Crippen LogP contribution in [0.2, 0.25) is 0 Å². The first-order chi connectivity index (χ1) is 14.1. The molecule has 1 fully saturated rings. The van der Waals surface area contributed by atoms with Gasteiger partial charge in [0, 0.05) is 41.2 Å². The lowest BCUT2D eigenvalue weighted by molar-refractivity contribution is -0.0248. The molecule has 1 saturated heterocycles. The van der Waals surface area contributed by atoms with Gasteiger partial charge in [-0.2, -0.15) is 0 Å². The van der Waals surface area contributed by atoms with E-state index in [1.165, 1.54) is 6.07 Å². The second-order valence-electron chi connectivity index (χ2n) is 7.71. The Morgan fingerprint density at radius 3 is 3.03 bits per heavy atom. The van der Waals surface area contributed by atoms with Crippen LogP contribution >= 0.6 is 11.3 Å². The Hall–Kier alpha value is -2.45. The van der Waals surface area contributed by atoms with Gasteiger partial charge in [-0.3, -0.25) is 4.79 Å². The van der Waals surface area contributed by atoms with Crippen LogP contribution in [0.3, 0.4) is 0 Å². The normalized spacial score (nSPS) is 16.7. The average Bonchev–Trinajstić information content (AvgIpc) is 3.28. The molecule has 8 heteroatoms. The minimum absolute atomic E-state index is 0.0520. The highest BCUT2D eigenvalue weighted by molar-refractivity contribution is 7.15. The highest BCUT2D eigenvalue weighted by atomic mass is 32.1. The van der Waals surface area contributed by atoms with Gasteiger partial charge in [-0.25, -0.2) is 9.37 Å². The number of aromatic nitrogens is 2. The first-order valence-corrected chi connectivity index (χ1v) is 10.8. The lowest BCUT2D eigenvalue weighted by Crippen LogP contribution is -2.35. The zero-order valence-corrected chi connectivity index (χ0v) is 17.1. The van der Waals surface area contributed by atoms with Crippen molar-refractivity contribution in [1.82, 2.24) is 14.9 Å². The fraction of sp³-hybridized carbons (Fsp3) is 0.429. The van der Waals surface area contributed by atoms with Gasteiger partial charge in [-0.15, -0.1) is 0 Å². The van der Waals surface area contributed by atoms with E-state index in [-0.39, 0.29) is 11.7 Å². The Kier molecular flexibility index (Phi) is 4.75. The summed E-state index contributed by atoms with van der Waals surface area (Å²) in [6.45, 7) is 5.69. The first kappa shape index (κ1) is 18.6. The molecule has 0 unspecified atom stereocenters. The summed E-state index contributed by atoms with van der Waals surface area (Å²) in [6, 6.07) is 4.85. The van der Waals surface area contributed by atoms with Crippen LogP contribution in [-0.2, 0) is 24.1 Å². The van der Waals surface area contributed by atoms with Gasteiger partial charge in [0.15, 0.2) is 5.13 Å². The molecule has 2 N–H and O–H groups in total. The summed E-state index contributed by atoms with van der Waals surface area (Å²) >= 11 is 1.62. The summed E-state index contributed by atoms with van der Waals surface area (Å²) in [5, 5.41) is 5.23. The number of carbonyl (C=O) groups is 1. The SMILES string of the molecule is CCc1cc(F)cc2[nH]c(C(=O)N3CCc4nc(NCC5COC5)sc4C3)cc12. The van der Waals surface area contributed by atoms with E-state index in [1.54, 1.807) is 17.4 Å². The maximum absolute atomic E-state index is 13.8. The second-order valence-corrected chi connectivity index (χ2v) is 8.80. The van der Waals surface area contributed by atoms with Crippen molar-refractivity contribution in [2.24, 2.45) is 5.92 Å². The number of H-pyrrole nitrogens is 1. The number of fused-ring (bicyclic) bond motifs is 2. The van der Waals surface area contributed by atoms with Gasteiger partial charge >= 0.3 is 0 Å². The van der Waals surface area contributed by atoms with E-state index >= 15 is 0 Å². The van der Waals surface area contributed by atoms with Gasteiger partial charge in [0.2, 0.25) is 0 Å². The number of hydrogen-bond donors (Lipinski definition) is 2. The lowest BCUT2D eigenvalue weighted by Gasteiger charge is -2.25. The quantitative estimate of drug-likeness (QED) is 0.670. The Bertz CT molecular complexity index is 1070. The number of rotatable bonds is 5. The Balaban J connectivity index is 1.32. The summed E-state index contributed by atoms with van der Waals surface area (Å²) in [7, 11) is 0. The van der Waals surface area contributed by atoms with Crippen LogP contribution in [0.5, 0.6) is 0 Å². The van der Waals surface area contributed by atoms with Gasteiger partial charge in [-0.05, 0) is 30.2 Å². The molecule has 0 aliphatic carbocycles. The predicted octanol–water partition coefficient (Wildman–Crippen LogP) is 3.58. The molecular formula is C21H23FN4O2S. The largest absolute Gasteiger partial charge is 0.381 e. The van der Waals surface area contributed by atoms with Crippen molar-refractivity contribution in [2.75, 3.05) is 31.6 Å². The number of amides is 1. The van der Waals surface area contributed by atoms with Gasteiger partial charge in [0.05, 0.1) is 25.5 Å². The highest BCUT2D eigenvalue weighted by Crippen LogP contribution is 2.30. The van der Waals surface area contributed by atoms with Crippen molar-refractivity contribution >= 4 is 33.3 Å². The van der Waals surface area contributed by atoms with E-state index in [1.807, 2.05) is 17.9 Å². The summed E-state index contributed by atoms with van der Waals surface area (Å²) in [6.07, 6.45) is 1.47. The number of nitrogens with zero attached hydrogens (tertiary/aromatic N) is 2. The van der Waals surface area contributed by atoms with Crippen molar-refractivity contribution in [1.29, 1.82) is 0 Å². The third-order valence-electron chi connectivity index (χ3n) is 5.67. The van der Waals surface area contributed by atoms with Crippen LogP contribution in [0.15, 0.2) is 18.2 Å². The molecule has 0 spiro atoms.